The molecule has 0 saturated carbocycles. The number of nitrogens with zero attached hydrogens (tertiary/aromatic N) is 1. The lowest BCUT2D eigenvalue weighted by Crippen LogP contribution is -2.38. The summed E-state index contributed by atoms with van der Waals surface area (Å²) in [5.74, 6) is -0.0831. The van der Waals surface area contributed by atoms with Crippen LogP contribution in [0.25, 0.3) is 0 Å². The van der Waals surface area contributed by atoms with E-state index < -0.39 is 0 Å². The van der Waals surface area contributed by atoms with Gasteiger partial charge in [0.05, 0.1) is 6.61 Å². The Morgan fingerprint density at radius 2 is 1.50 bits per heavy atom. The number of hydrogen-bond acceptors (Lipinski definition) is 4. The quantitative estimate of drug-likeness (QED) is 0.148. The van der Waals surface area contributed by atoms with Crippen molar-refractivity contribution < 1.29 is 9.53 Å². The molecule has 0 spiro atoms. The molecule has 0 aliphatic carbocycles. The van der Waals surface area contributed by atoms with E-state index in [2.05, 4.69) is 17.2 Å². The van der Waals surface area contributed by atoms with E-state index in [0.29, 0.717) is 19.6 Å². The highest BCUT2D eigenvalue weighted by atomic mass is 16.5. The molecule has 0 rings (SSSR count). The molecule has 0 radical (unpaired) electrons. The fourth-order valence-corrected chi connectivity index (χ4v) is 2.94. The van der Waals surface area contributed by atoms with Gasteiger partial charge in [-0.25, -0.2) is 0 Å². The zero-order valence-corrected chi connectivity index (χ0v) is 17.1. The Morgan fingerprint density at radius 1 is 0.923 bits per heavy atom. The second kappa shape index (κ2) is 18.5. The number of aliphatic imine (C=N–C) groups is 1. The van der Waals surface area contributed by atoms with Gasteiger partial charge >= 0.3 is 5.97 Å². The molecule has 0 aromatic carbocycles. The van der Waals surface area contributed by atoms with Gasteiger partial charge in [-0.2, -0.15) is 0 Å². The van der Waals surface area contributed by atoms with Gasteiger partial charge in [-0.3, -0.25) is 9.79 Å². The topological polar surface area (TPSA) is 103 Å². The number of rotatable bonds is 18. The highest BCUT2D eigenvalue weighted by Crippen LogP contribution is 2.10. The predicted molar refractivity (Wildman–Crippen MR) is 110 cm³/mol. The summed E-state index contributed by atoms with van der Waals surface area (Å²) in [5, 5.41) is 3.33. The fraction of sp³-hybridized carbons (Fsp3) is 0.900. The monoisotopic (exact) mass is 370 g/mol. The lowest BCUT2D eigenvalue weighted by molar-refractivity contribution is -0.145. The second-order valence-electron chi connectivity index (χ2n) is 6.89. The van der Waals surface area contributed by atoms with Crippen LogP contribution in [0.5, 0.6) is 0 Å². The maximum Gasteiger partial charge on any atom is 0.323 e. The molecule has 0 bridgehead atoms. The number of carbonyl (C=O) groups is 1. The Labute approximate surface area is 160 Å². The van der Waals surface area contributed by atoms with E-state index in [1.165, 1.54) is 57.8 Å². The standard InChI is InChI=1S/C20H42N4O2/c1-3-5-6-7-8-9-10-11-12-13-16-23-18(19(25)26-4-2)15-14-17-24-20(21)22/h18,23H,3-17H2,1-2H3,(H4,21,22,24). The van der Waals surface area contributed by atoms with Crippen LogP contribution in [0.2, 0.25) is 0 Å². The van der Waals surface area contributed by atoms with Gasteiger partial charge in [0.2, 0.25) is 0 Å². The van der Waals surface area contributed by atoms with E-state index in [0.717, 1.165) is 19.4 Å². The molecule has 0 aromatic rings. The fourth-order valence-electron chi connectivity index (χ4n) is 2.94. The molecular weight excluding hydrogens is 328 g/mol. The first-order valence-electron chi connectivity index (χ1n) is 10.6. The van der Waals surface area contributed by atoms with Crippen LogP contribution in [0.3, 0.4) is 0 Å². The minimum atomic E-state index is -0.261. The third-order valence-corrected chi connectivity index (χ3v) is 4.44. The van der Waals surface area contributed by atoms with Crippen LogP contribution in [0.4, 0.5) is 0 Å². The summed E-state index contributed by atoms with van der Waals surface area (Å²) in [6, 6.07) is -0.261. The predicted octanol–water partition coefficient (Wildman–Crippen LogP) is 3.48. The first-order valence-corrected chi connectivity index (χ1v) is 10.6. The maximum absolute atomic E-state index is 12.0. The van der Waals surface area contributed by atoms with Crippen molar-refractivity contribution in [1.29, 1.82) is 0 Å². The molecule has 0 fully saturated rings. The molecule has 1 atom stereocenters. The minimum Gasteiger partial charge on any atom is -0.465 e. The third-order valence-electron chi connectivity index (χ3n) is 4.44. The van der Waals surface area contributed by atoms with Crippen molar-refractivity contribution in [1.82, 2.24) is 5.32 Å². The molecule has 0 aromatic heterocycles. The van der Waals surface area contributed by atoms with E-state index in [-0.39, 0.29) is 18.0 Å². The molecule has 1 unspecified atom stereocenters. The molecule has 0 amide bonds. The number of unbranched alkanes of at least 4 members (excludes halogenated alkanes) is 9. The zero-order chi connectivity index (χ0) is 19.5. The lowest BCUT2D eigenvalue weighted by atomic mass is 10.1. The van der Waals surface area contributed by atoms with Crippen molar-refractivity contribution in [2.24, 2.45) is 16.5 Å². The number of nitrogens with two attached hydrogens (primary N) is 2. The number of guanidine groups is 1. The maximum atomic E-state index is 12.0. The Bertz CT molecular complexity index is 358. The van der Waals surface area contributed by atoms with E-state index in [4.69, 9.17) is 16.2 Å². The summed E-state index contributed by atoms with van der Waals surface area (Å²) in [7, 11) is 0. The number of esters is 1. The van der Waals surface area contributed by atoms with Gasteiger partial charge in [-0.1, -0.05) is 64.7 Å². The van der Waals surface area contributed by atoms with Crippen LogP contribution in [-0.2, 0) is 9.53 Å². The number of carbonyl (C=O) groups excluding carboxylic acids is 1. The minimum absolute atomic E-state index is 0.0935. The Kier molecular flexibility index (Phi) is 17.6. The average molecular weight is 371 g/mol. The van der Waals surface area contributed by atoms with E-state index >= 15 is 0 Å². The second-order valence-corrected chi connectivity index (χ2v) is 6.89. The molecule has 0 aliphatic heterocycles. The third kappa shape index (κ3) is 16.2. The lowest BCUT2D eigenvalue weighted by Gasteiger charge is -2.17. The summed E-state index contributed by atoms with van der Waals surface area (Å²) >= 11 is 0. The van der Waals surface area contributed by atoms with Crippen molar-refractivity contribution in [2.75, 3.05) is 19.7 Å². The van der Waals surface area contributed by atoms with Crippen LogP contribution in [-0.4, -0.2) is 37.7 Å². The Hall–Kier alpha value is -1.30. The highest BCUT2D eigenvalue weighted by molar-refractivity contribution is 5.76. The van der Waals surface area contributed by atoms with Crippen LogP contribution in [0, 0.1) is 0 Å². The smallest absolute Gasteiger partial charge is 0.323 e. The van der Waals surface area contributed by atoms with E-state index in [9.17, 15) is 4.79 Å². The molecule has 154 valence electrons. The summed E-state index contributed by atoms with van der Waals surface area (Å²) < 4.78 is 5.15. The number of nitrogens with one attached hydrogen (secondary N) is 1. The van der Waals surface area contributed by atoms with Crippen molar-refractivity contribution in [2.45, 2.75) is 96.9 Å². The van der Waals surface area contributed by atoms with Crippen molar-refractivity contribution in [3.8, 4) is 0 Å². The first-order chi connectivity index (χ1) is 12.6. The zero-order valence-electron chi connectivity index (χ0n) is 17.1. The highest BCUT2D eigenvalue weighted by Gasteiger charge is 2.18. The van der Waals surface area contributed by atoms with Crippen LogP contribution in [0.15, 0.2) is 4.99 Å². The van der Waals surface area contributed by atoms with Crippen LogP contribution < -0.4 is 16.8 Å². The van der Waals surface area contributed by atoms with Gasteiger partial charge in [0.25, 0.3) is 0 Å². The van der Waals surface area contributed by atoms with Gasteiger partial charge in [0, 0.05) is 6.54 Å². The van der Waals surface area contributed by atoms with Crippen molar-refractivity contribution in [3.63, 3.8) is 0 Å². The molecule has 6 nitrogen and oxygen atoms in total. The molecule has 26 heavy (non-hydrogen) atoms. The molecule has 0 aliphatic rings. The van der Waals surface area contributed by atoms with Gasteiger partial charge in [-0.05, 0) is 32.7 Å². The van der Waals surface area contributed by atoms with Crippen LogP contribution in [0.1, 0.15) is 90.9 Å². The molecule has 0 heterocycles. The summed E-state index contributed by atoms with van der Waals surface area (Å²) in [4.78, 5) is 16.0. The van der Waals surface area contributed by atoms with Crippen LogP contribution >= 0.6 is 0 Å². The summed E-state index contributed by atoms with van der Waals surface area (Å²) in [5.41, 5.74) is 10.6. The van der Waals surface area contributed by atoms with Crippen molar-refractivity contribution in [3.05, 3.63) is 0 Å². The van der Waals surface area contributed by atoms with E-state index in [1.807, 2.05) is 6.92 Å². The normalized spacial score (nSPS) is 11.9. The van der Waals surface area contributed by atoms with Gasteiger partial charge in [0.1, 0.15) is 6.04 Å². The SMILES string of the molecule is CCCCCCCCCCCCNC(CCCN=C(N)N)C(=O)OCC. The first kappa shape index (κ1) is 24.7. The van der Waals surface area contributed by atoms with E-state index in [1.54, 1.807) is 0 Å². The molecular formula is C20H42N4O2. The number of ether oxygens (including phenoxy) is 1. The Morgan fingerprint density at radius 3 is 2.04 bits per heavy atom. The molecule has 5 N–H and O–H groups in total. The average Bonchev–Trinajstić information content (AvgIpc) is 2.61. The molecule has 0 saturated heterocycles. The summed E-state index contributed by atoms with van der Waals surface area (Å²) in [6.45, 7) is 5.88. The van der Waals surface area contributed by atoms with Gasteiger partial charge in [0.15, 0.2) is 5.96 Å². The van der Waals surface area contributed by atoms with Crippen molar-refractivity contribution >= 4 is 11.9 Å². The number of hydrogen-bond donors (Lipinski definition) is 3. The molecule has 6 heteroatoms. The summed E-state index contributed by atoms with van der Waals surface area (Å²) in [6.07, 6.45) is 14.6. The largest absolute Gasteiger partial charge is 0.465 e. The Balaban J connectivity index is 3.75. The van der Waals surface area contributed by atoms with Gasteiger partial charge < -0.3 is 21.5 Å². The van der Waals surface area contributed by atoms with Gasteiger partial charge in [-0.15, -0.1) is 0 Å².